The minimum Gasteiger partial charge on any atom is -0.370 e. The summed E-state index contributed by atoms with van der Waals surface area (Å²) in [6.07, 6.45) is 7.62. The van der Waals surface area contributed by atoms with Crippen molar-refractivity contribution >= 4 is 34.9 Å². The van der Waals surface area contributed by atoms with Crippen molar-refractivity contribution in [3.63, 3.8) is 0 Å². The molecule has 152 valence electrons. The van der Waals surface area contributed by atoms with Gasteiger partial charge in [0.1, 0.15) is 0 Å². The van der Waals surface area contributed by atoms with E-state index in [4.69, 9.17) is 0 Å². The van der Waals surface area contributed by atoms with Crippen LogP contribution < -0.4 is 15.5 Å². The van der Waals surface area contributed by atoms with Crippen LogP contribution in [0.25, 0.3) is 6.08 Å². The highest BCUT2D eigenvalue weighted by Crippen LogP contribution is 2.23. The smallest absolute Gasteiger partial charge is 0.248 e. The summed E-state index contributed by atoms with van der Waals surface area (Å²) >= 11 is 0. The minimum atomic E-state index is -0.164. The molecule has 1 fully saturated rings. The first kappa shape index (κ1) is 19.6. The highest BCUT2D eigenvalue weighted by atomic mass is 16.1. The molecule has 2 aromatic carbocycles. The summed E-state index contributed by atoms with van der Waals surface area (Å²) in [6, 6.07) is 17.5. The monoisotopic (exact) mass is 399 g/mol. The summed E-state index contributed by atoms with van der Waals surface area (Å²) < 4.78 is 0. The van der Waals surface area contributed by atoms with E-state index < -0.39 is 0 Å². The van der Waals surface area contributed by atoms with Gasteiger partial charge in [-0.1, -0.05) is 24.3 Å². The van der Waals surface area contributed by atoms with Crippen molar-refractivity contribution in [3.8, 4) is 0 Å². The molecule has 0 unspecified atom stereocenters. The Balaban J connectivity index is 1.35. The molecular weight excluding hydrogens is 374 g/mol. The lowest BCUT2D eigenvalue weighted by Crippen LogP contribution is -2.18. The van der Waals surface area contributed by atoms with E-state index in [2.05, 4.69) is 25.7 Å². The number of aryl methyl sites for hydroxylation is 1. The molecule has 2 N–H and O–H groups in total. The number of hydrogen-bond donors (Lipinski definition) is 2. The van der Waals surface area contributed by atoms with Crippen LogP contribution in [0.1, 0.15) is 24.0 Å². The Morgan fingerprint density at radius 1 is 1.03 bits per heavy atom. The molecule has 0 spiro atoms. The first-order chi connectivity index (χ1) is 14.7. The van der Waals surface area contributed by atoms with E-state index in [0.29, 0.717) is 5.82 Å². The number of hydrogen-bond acceptors (Lipinski definition) is 5. The summed E-state index contributed by atoms with van der Waals surface area (Å²) in [7, 11) is 0. The average molecular weight is 399 g/mol. The molecule has 0 bridgehead atoms. The SMILES string of the molecule is Cc1ccccc1/C=C/C(=O)Nc1ccc(Nc2cc(N3CCCC3)cnn2)cc1. The van der Waals surface area contributed by atoms with Gasteiger partial charge in [0.15, 0.2) is 5.82 Å². The van der Waals surface area contributed by atoms with Crippen LogP contribution in [0, 0.1) is 6.92 Å². The average Bonchev–Trinajstić information content (AvgIpc) is 3.30. The molecule has 6 nitrogen and oxygen atoms in total. The normalized spacial score (nSPS) is 13.6. The van der Waals surface area contributed by atoms with Crippen LogP contribution in [-0.4, -0.2) is 29.2 Å². The summed E-state index contributed by atoms with van der Waals surface area (Å²) in [5.74, 6) is 0.542. The third-order valence-electron chi connectivity index (χ3n) is 5.14. The fourth-order valence-corrected chi connectivity index (χ4v) is 3.47. The Labute approximate surface area is 176 Å². The molecule has 3 aromatic rings. The molecule has 4 rings (SSSR count). The zero-order chi connectivity index (χ0) is 20.8. The Morgan fingerprint density at radius 2 is 1.77 bits per heavy atom. The van der Waals surface area contributed by atoms with Gasteiger partial charge in [-0.05, 0) is 61.2 Å². The van der Waals surface area contributed by atoms with Gasteiger partial charge in [0.25, 0.3) is 0 Å². The van der Waals surface area contributed by atoms with Gasteiger partial charge in [-0.15, -0.1) is 5.10 Å². The standard InChI is InChI=1S/C24H25N5O/c1-18-6-2-3-7-19(18)8-13-24(30)27-21-11-9-20(10-12-21)26-23-16-22(17-25-28-23)29-14-4-5-15-29/h2-3,6-13,16-17H,4-5,14-15H2,1H3,(H,26,28)(H,27,30)/b13-8+. The van der Waals surface area contributed by atoms with Gasteiger partial charge in [0.05, 0.1) is 11.9 Å². The highest BCUT2D eigenvalue weighted by Gasteiger charge is 2.13. The molecule has 0 saturated carbocycles. The fraction of sp³-hybridized carbons (Fsp3) is 0.208. The molecule has 0 atom stereocenters. The van der Waals surface area contributed by atoms with Gasteiger partial charge in [-0.2, -0.15) is 5.10 Å². The van der Waals surface area contributed by atoms with Gasteiger partial charge >= 0.3 is 0 Å². The number of benzene rings is 2. The van der Waals surface area contributed by atoms with Gasteiger partial charge in [-0.25, -0.2) is 0 Å². The van der Waals surface area contributed by atoms with Crippen molar-refractivity contribution in [1.82, 2.24) is 10.2 Å². The van der Waals surface area contributed by atoms with Crippen molar-refractivity contribution in [2.45, 2.75) is 19.8 Å². The highest BCUT2D eigenvalue weighted by molar-refractivity contribution is 6.02. The molecule has 0 radical (unpaired) electrons. The van der Waals surface area contributed by atoms with Gasteiger partial charge in [0, 0.05) is 36.6 Å². The largest absolute Gasteiger partial charge is 0.370 e. The number of rotatable bonds is 6. The lowest BCUT2D eigenvalue weighted by atomic mass is 10.1. The minimum absolute atomic E-state index is 0.164. The predicted molar refractivity (Wildman–Crippen MR) is 122 cm³/mol. The zero-order valence-electron chi connectivity index (χ0n) is 17.0. The predicted octanol–water partition coefficient (Wildman–Crippen LogP) is 4.78. The van der Waals surface area contributed by atoms with Gasteiger partial charge in [0.2, 0.25) is 5.91 Å². The topological polar surface area (TPSA) is 70.2 Å². The molecule has 1 aliphatic rings. The first-order valence-corrected chi connectivity index (χ1v) is 10.2. The molecule has 1 saturated heterocycles. The van der Waals surface area contributed by atoms with E-state index in [1.54, 1.807) is 12.3 Å². The second kappa shape index (κ2) is 9.22. The number of carbonyl (C=O) groups excluding carboxylic acids is 1. The number of amides is 1. The number of aromatic nitrogens is 2. The molecule has 2 heterocycles. The zero-order valence-corrected chi connectivity index (χ0v) is 17.0. The summed E-state index contributed by atoms with van der Waals surface area (Å²) in [5.41, 5.74) is 4.88. The number of nitrogens with zero attached hydrogens (tertiary/aromatic N) is 3. The maximum atomic E-state index is 12.2. The Morgan fingerprint density at radius 3 is 2.53 bits per heavy atom. The molecule has 0 aliphatic carbocycles. The van der Waals surface area contributed by atoms with Crippen molar-refractivity contribution in [2.75, 3.05) is 28.6 Å². The molecule has 30 heavy (non-hydrogen) atoms. The van der Waals surface area contributed by atoms with Crippen molar-refractivity contribution in [2.24, 2.45) is 0 Å². The number of carbonyl (C=O) groups is 1. The van der Waals surface area contributed by atoms with Crippen molar-refractivity contribution in [3.05, 3.63) is 78.0 Å². The Hall–Kier alpha value is -3.67. The molecule has 1 aromatic heterocycles. The van der Waals surface area contributed by atoms with Crippen LogP contribution in [-0.2, 0) is 4.79 Å². The van der Waals surface area contributed by atoms with E-state index in [0.717, 1.165) is 41.3 Å². The van der Waals surface area contributed by atoms with Crippen molar-refractivity contribution in [1.29, 1.82) is 0 Å². The summed E-state index contributed by atoms with van der Waals surface area (Å²) in [4.78, 5) is 14.5. The summed E-state index contributed by atoms with van der Waals surface area (Å²) in [6.45, 7) is 4.16. The van der Waals surface area contributed by atoms with Crippen LogP contribution in [0.3, 0.4) is 0 Å². The van der Waals surface area contributed by atoms with E-state index in [1.165, 1.54) is 12.8 Å². The van der Waals surface area contributed by atoms with E-state index >= 15 is 0 Å². The maximum absolute atomic E-state index is 12.2. The van der Waals surface area contributed by atoms with Crippen LogP contribution in [0.5, 0.6) is 0 Å². The van der Waals surface area contributed by atoms with E-state index in [1.807, 2.05) is 67.6 Å². The lowest BCUT2D eigenvalue weighted by molar-refractivity contribution is -0.111. The lowest BCUT2D eigenvalue weighted by Gasteiger charge is -2.17. The van der Waals surface area contributed by atoms with Gasteiger partial charge in [-0.3, -0.25) is 4.79 Å². The molecule has 6 heteroatoms. The number of nitrogens with one attached hydrogen (secondary N) is 2. The molecule has 1 aliphatic heterocycles. The number of anilines is 4. The van der Waals surface area contributed by atoms with E-state index in [9.17, 15) is 4.79 Å². The maximum Gasteiger partial charge on any atom is 0.248 e. The van der Waals surface area contributed by atoms with Crippen LogP contribution in [0.15, 0.2) is 66.9 Å². The first-order valence-electron chi connectivity index (χ1n) is 10.2. The molecular formula is C24H25N5O. The van der Waals surface area contributed by atoms with Gasteiger partial charge < -0.3 is 15.5 Å². The van der Waals surface area contributed by atoms with Crippen molar-refractivity contribution < 1.29 is 4.79 Å². The van der Waals surface area contributed by atoms with E-state index in [-0.39, 0.29) is 5.91 Å². The third-order valence-corrected chi connectivity index (χ3v) is 5.14. The quantitative estimate of drug-likeness (QED) is 0.584. The Kier molecular flexibility index (Phi) is 6.03. The third kappa shape index (κ3) is 5.03. The van der Waals surface area contributed by atoms with Crippen LogP contribution in [0.4, 0.5) is 22.9 Å². The van der Waals surface area contributed by atoms with Crippen LogP contribution >= 0.6 is 0 Å². The second-order valence-electron chi connectivity index (χ2n) is 7.37. The second-order valence-corrected chi connectivity index (χ2v) is 7.37. The molecule has 1 amide bonds. The summed E-state index contributed by atoms with van der Waals surface area (Å²) in [5, 5.41) is 14.4. The Bertz CT molecular complexity index is 1040. The van der Waals surface area contributed by atoms with Crippen LogP contribution in [0.2, 0.25) is 0 Å². The fourth-order valence-electron chi connectivity index (χ4n) is 3.47.